The number of sulfone groups is 1. The molecule has 0 aliphatic heterocycles. The van der Waals surface area contributed by atoms with Crippen molar-refractivity contribution in [2.75, 3.05) is 12.4 Å². The van der Waals surface area contributed by atoms with Crippen molar-refractivity contribution in [2.45, 2.75) is 10.7 Å². The Morgan fingerprint density at radius 3 is 2.29 bits per heavy atom. The van der Waals surface area contributed by atoms with Crippen molar-refractivity contribution in [1.82, 2.24) is 0 Å². The Labute approximate surface area is 136 Å². The van der Waals surface area contributed by atoms with Crippen molar-refractivity contribution in [3.63, 3.8) is 0 Å². The highest BCUT2D eigenvalue weighted by molar-refractivity contribution is 7.91. The van der Waals surface area contributed by atoms with Gasteiger partial charge in [0, 0.05) is 17.3 Å². The van der Waals surface area contributed by atoms with Crippen LogP contribution >= 0.6 is 0 Å². The number of carbonyl (C=O) groups excluding carboxylic acids is 1. The summed E-state index contributed by atoms with van der Waals surface area (Å²) in [5, 5.41) is 12.1. The minimum atomic E-state index is -4.70. The van der Waals surface area contributed by atoms with Gasteiger partial charge < -0.3 is 15.2 Å². The molecule has 0 fully saturated rings. The number of aromatic hydroxyl groups is 1. The summed E-state index contributed by atoms with van der Waals surface area (Å²) in [5.74, 6) is -4.07. The SMILES string of the molecule is COc1ccc(NC(=O)c2ccc(S(=O)(=O)C(F)F)cc2)cc1O. The minimum absolute atomic E-state index is 0.0681. The van der Waals surface area contributed by atoms with Gasteiger partial charge in [-0.15, -0.1) is 0 Å². The highest BCUT2D eigenvalue weighted by atomic mass is 32.2. The van der Waals surface area contributed by atoms with Crippen molar-refractivity contribution in [3.8, 4) is 11.5 Å². The van der Waals surface area contributed by atoms with Gasteiger partial charge in [-0.25, -0.2) is 8.42 Å². The van der Waals surface area contributed by atoms with E-state index in [-0.39, 0.29) is 22.7 Å². The quantitative estimate of drug-likeness (QED) is 0.858. The van der Waals surface area contributed by atoms with Crippen LogP contribution in [0.1, 0.15) is 10.4 Å². The number of carbonyl (C=O) groups is 1. The number of nitrogens with one attached hydrogen (secondary N) is 1. The van der Waals surface area contributed by atoms with Crippen LogP contribution in [-0.2, 0) is 9.84 Å². The topological polar surface area (TPSA) is 92.7 Å². The van der Waals surface area contributed by atoms with Crippen molar-refractivity contribution >= 4 is 21.4 Å². The number of methoxy groups -OCH3 is 1. The van der Waals surface area contributed by atoms with Crippen LogP contribution in [-0.4, -0.2) is 32.3 Å². The van der Waals surface area contributed by atoms with Gasteiger partial charge in [-0.05, 0) is 36.4 Å². The predicted octanol–water partition coefficient (Wildman–Crippen LogP) is 2.65. The van der Waals surface area contributed by atoms with Gasteiger partial charge in [0.05, 0.1) is 12.0 Å². The van der Waals surface area contributed by atoms with E-state index in [9.17, 15) is 27.1 Å². The van der Waals surface area contributed by atoms with E-state index in [1.54, 1.807) is 0 Å². The second-order valence-corrected chi connectivity index (χ2v) is 6.59. The Kier molecular flexibility index (Phi) is 5.03. The summed E-state index contributed by atoms with van der Waals surface area (Å²) in [5.41, 5.74) is 0.348. The van der Waals surface area contributed by atoms with Crippen molar-refractivity contribution < 1.29 is 31.8 Å². The van der Waals surface area contributed by atoms with Crippen molar-refractivity contribution in [2.24, 2.45) is 0 Å². The maximum atomic E-state index is 12.4. The van der Waals surface area contributed by atoms with Crippen LogP contribution in [0.4, 0.5) is 14.5 Å². The number of alkyl halides is 2. The highest BCUT2D eigenvalue weighted by Gasteiger charge is 2.26. The van der Waals surface area contributed by atoms with E-state index in [2.05, 4.69) is 5.32 Å². The molecule has 0 saturated carbocycles. The Morgan fingerprint density at radius 2 is 1.79 bits per heavy atom. The number of hydrogen-bond donors (Lipinski definition) is 2. The van der Waals surface area contributed by atoms with Gasteiger partial charge in [-0.3, -0.25) is 4.79 Å². The lowest BCUT2D eigenvalue weighted by Gasteiger charge is -2.09. The fourth-order valence-electron chi connectivity index (χ4n) is 1.87. The molecule has 0 bridgehead atoms. The first-order valence-corrected chi connectivity index (χ1v) is 8.11. The average Bonchev–Trinajstić information content (AvgIpc) is 2.55. The van der Waals surface area contributed by atoms with Crippen molar-refractivity contribution in [3.05, 3.63) is 48.0 Å². The minimum Gasteiger partial charge on any atom is -0.504 e. The monoisotopic (exact) mass is 357 g/mol. The summed E-state index contributed by atoms with van der Waals surface area (Å²) in [6, 6.07) is 8.31. The number of ether oxygens (including phenoxy) is 1. The third-order valence-corrected chi connectivity index (χ3v) is 4.51. The van der Waals surface area contributed by atoms with E-state index in [1.807, 2.05) is 0 Å². The molecule has 0 spiro atoms. The zero-order valence-corrected chi connectivity index (χ0v) is 13.2. The molecular formula is C15H13F2NO5S. The molecule has 0 atom stereocenters. The summed E-state index contributed by atoms with van der Waals surface area (Å²) >= 11 is 0. The molecular weight excluding hydrogens is 344 g/mol. The maximum Gasteiger partial charge on any atom is 0.341 e. The van der Waals surface area contributed by atoms with Crippen LogP contribution in [0.3, 0.4) is 0 Å². The molecule has 24 heavy (non-hydrogen) atoms. The summed E-state index contributed by atoms with van der Waals surface area (Å²) in [7, 11) is -3.33. The molecule has 128 valence electrons. The molecule has 6 nitrogen and oxygen atoms in total. The lowest BCUT2D eigenvalue weighted by atomic mass is 10.2. The number of benzene rings is 2. The molecule has 2 aromatic rings. The summed E-state index contributed by atoms with van der Waals surface area (Å²) in [4.78, 5) is 11.5. The van der Waals surface area contributed by atoms with Gasteiger partial charge in [0.25, 0.3) is 5.91 Å². The molecule has 0 unspecified atom stereocenters. The number of amides is 1. The van der Waals surface area contributed by atoms with E-state index in [1.165, 1.54) is 25.3 Å². The maximum absolute atomic E-state index is 12.4. The average molecular weight is 357 g/mol. The van der Waals surface area contributed by atoms with Crippen molar-refractivity contribution in [1.29, 1.82) is 0 Å². The van der Waals surface area contributed by atoms with Crippen LogP contribution in [0.25, 0.3) is 0 Å². The summed E-state index contributed by atoms with van der Waals surface area (Å²) < 4.78 is 52.4. The van der Waals surface area contributed by atoms with E-state index >= 15 is 0 Å². The molecule has 2 N–H and O–H groups in total. The van der Waals surface area contributed by atoms with E-state index in [0.717, 1.165) is 24.3 Å². The van der Waals surface area contributed by atoms with Crippen LogP contribution in [0.5, 0.6) is 11.5 Å². The first kappa shape index (κ1) is 17.7. The lowest BCUT2D eigenvalue weighted by Crippen LogP contribution is -2.14. The van der Waals surface area contributed by atoms with E-state index in [0.29, 0.717) is 0 Å². The molecule has 0 heterocycles. The molecule has 2 rings (SSSR count). The normalized spacial score (nSPS) is 11.3. The second kappa shape index (κ2) is 6.83. The molecule has 0 aliphatic rings. The fraction of sp³-hybridized carbons (Fsp3) is 0.133. The lowest BCUT2D eigenvalue weighted by molar-refractivity contribution is 0.102. The van der Waals surface area contributed by atoms with Gasteiger partial charge in [0.2, 0.25) is 9.84 Å². The first-order chi connectivity index (χ1) is 11.3. The van der Waals surface area contributed by atoms with Crippen LogP contribution in [0, 0.1) is 0 Å². The number of phenols is 1. The van der Waals surface area contributed by atoms with Crippen LogP contribution < -0.4 is 10.1 Å². The smallest absolute Gasteiger partial charge is 0.341 e. The second-order valence-electron chi connectivity index (χ2n) is 4.67. The zero-order chi connectivity index (χ0) is 17.9. The number of rotatable bonds is 5. The molecule has 2 aromatic carbocycles. The van der Waals surface area contributed by atoms with Gasteiger partial charge >= 0.3 is 5.76 Å². The largest absolute Gasteiger partial charge is 0.504 e. The highest BCUT2D eigenvalue weighted by Crippen LogP contribution is 2.28. The molecule has 9 heteroatoms. The van der Waals surface area contributed by atoms with E-state index in [4.69, 9.17) is 4.74 Å². The summed E-state index contributed by atoms with van der Waals surface area (Å²) in [6.07, 6.45) is 0. The number of hydrogen-bond acceptors (Lipinski definition) is 5. The zero-order valence-electron chi connectivity index (χ0n) is 12.4. The molecule has 0 saturated heterocycles. The predicted molar refractivity (Wildman–Crippen MR) is 82.2 cm³/mol. The third kappa shape index (κ3) is 3.62. The molecule has 0 radical (unpaired) electrons. The van der Waals surface area contributed by atoms with Gasteiger partial charge in [0.15, 0.2) is 11.5 Å². The van der Waals surface area contributed by atoms with Crippen LogP contribution in [0.15, 0.2) is 47.4 Å². The van der Waals surface area contributed by atoms with Gasteiger partial charge in [-0.1, -0.05) is 0 Å². The molecule has 1 amide bonds. The first-order valence-electron chi connectivity index (χ1n) is 6.56. The molecule has 0 aliphatic carbocycles. The van der Waals surface area contributed by atoms with E-state index < -0.39 is 26.4 Å². The fourth-order valence-corrected chi connectivity index (χ4v) is 2.59. The number of phenolic OH excluding ortho intramolecular Hbond substituents is 1. The Morgan fingerprint density at radius 1 is 1.17 bits per heavy atom. The number of halogens is 2. The van der Waals surface area contributed by atoms with Crippen LogP contribution in [0.2, 0.25) is 0 Å². The third-order valence-electron chi connectivity index (χ3n) is 3.12. The molecule has 0 aromatic heterocycles. The summed E-state index contributed by atoms with van der Waals surface area (Å²) in [6.45, 7) is 0. The Hall–Kier alpha value is -2.68. The number of anilines is 1. The van der Waals surface area contributed by atoms with Gasteiger partial charge in [-0.2, -0.15) is 8.78 Å². The Bertz CT molecular complexity index is 851. The Balaban J connectivity index is 2.18. The standard InChI is InChI=1S/C15H13F2NO5S/c1-23-13-7-4-10(8-12(13)19)18-14(20)9-2-5-11(6-3-9)24(21,22)15(16)17/h2-8,15,19H,1H3,(H,18,20). The van der Waals surface area contributed by atoms with Gasteiger partial charge in [0.1, 0.15) is 0 Å².